The smallest absolute Gasteiger partial charge is 0.0600 e. The zero-order valence-electron chi connectivity index (χ0n) is 11.2. The molecule has 16 heavy (non-hydrogen) atoms. The molecule has 1 aliphatic rings. The lowest BCUT2D eigenvalue weighted by Crippen LogP contribution is -2.32. The number of ether oxygens (including phenoxy) is 1. The van der Waals surface area contributed by atoms with Crippen LogP contribution in [0.4, 0.5) is 0 Å². The van der Waals surface area contributed by atoms with Gasteiger partial charge in [0.15, 0.2) is 0 Å². The number of rotatable bonds is 5. The van der Waals surface area contributed by atoms with Crippen molar-refractivity contribution in [2.24, 2.45) is 11.3 Å². The van der Waals surface area contributed by atoms with E-state index in [9.17, 15) is 5.11 Å². The molecule has 0 amide bonds. The first kappa shape index (κ1) is 13.9. The van der Waals surface area contributed by atoms with Gasteiger partial charge in [-0.3, -0.25) is 0 Å². The third kappa shape index (κ3) is 4.40. The summed E-state index contributed by atoms with van der Waals surface area (Å²) in [7, 11) is 1.77. The Morgan fingerprint density at radius 3 is 2.69 bits per heavy atom. The predicted molar refractivity (Wildman–Crippen MR) is 66.5 cm³/mol. The summed E-state index contributed by atoms with van der Waals surface area (Å²) in [6.45, 7) is 10.5. The molecule has 96 valence electrons. The van der Waals surface area contributed by atoms with Gasteiger partial charge in [0.25, 0.3) is 0 Å². The predicted octanol–water partition coefficient (Wildman–Crippen LogP) is 1.75. The van der Waals surface area contributed by atoms with Crippen molar-refractivity contribution in [2.75, 3.05) is 33.4 Å². The highest BCUT2D eigenvalue weighted by molar-refractivity contribution is 4.78. The van der Waals surface area contributed by atoms with Crippen LogP contribution in [-0.2, 0) is 4.74 Å². The number of hydrogen-bond acceptors (Lipinski definition) is 3. The van der Waals surface area contributed by atoms with E-state index in [1.54, 1.807) is 7.11 Å². The van der Waals surface area contributed by atoms with E-state index in [2.05, 4.69) is 25.7 Å². The number of methoxy groups -OCH3 is 1. The minimum atomic E-state index is -0.200. The summed E-state index contributed by atoms with van der Waals surface area (Å²) in [6.07, 6.45) is 1.91. The van der Waals surface area contributed by atoms with E-state index >= 15 is 0 Å². The first-order valence-electron chi connectivity index (χ1n) is 6.33. The molecule has 1 heterocycles. The Kier molecular flexibility index (Phi) is 5.22. The molecular formula is C13H27NO2. The van der Waals surface area contributed by atoms with Crippen LogP contribution in [0.15, 0.2) is 0 Å². The van der Waals surface area contributed by atoms with Gasteiger partial charge in [-0.15, -0.1) is 0 Å². The van der Waals surface area contributed by atoms with Gasteiger partial charge in [0.1, 0.15) is 0 Å². The first-order chi connectivity index (χ1) is 7.43. The third-order valence-electron chi connectivity index (χ3n) is 3.49. The standard InChI is InChI=1S/C13H27NO2/c1-13(2,3)12(15)6-8-14-7-5-11(9-14)10-16-4/h11-12,15H,5-10H2,1-4H3. The Bertz CT molecular complexity index is 201. The molecule has 0 aliphatic carbocycles. The van der Waals surface area contributed by atoms with Crippen LogP contribution in [0.3, 0.4) is 0 Å². The highest BCUT2D eigenvalue weighted by atomic mass is 16.5. The fourth-order valence-corrected chi connectivity index (χ4v) is 2.23. The van der Waals surface area contributed by atoms with Crippen molar-refractivity contribution in [3.05, 3.63) is 0 Å². The van der Waals surface area contributed by atoms with Crippen molar-refractivity contribution < 1.29 is 9.84 Å². The Balaban J connectivity index is 2.20. The fourth-order valence-electron chi connectivity index (χ4n) is 2.23. The van der Waals surface area contributed by atoms with Crippen molar-refractivity contribution in [1.82, 2.24) is 4.90 Å². The van der Waals surface area contributed by atoms with Crippen LogP contribution in [0.2, 0.25) is 0 Å². The molecule has 1 N–H and O–H groups in total. The molecule has 0 aromatic rings. The maximum absolute atomic E-state index is 9.96. The summed E-state index contributed by atoms with van der Waals surface area (Å²) in [5.74, 6) is 0.691. The monoisotopic (exact) mass is 229 g/mol. The highest BCUT2D eigenvalue weighted by Crippen LogP contribution is 2.23. The fraction of sp³-hybridized carbons (Fsp3) is 1.00. The lowest BCUT2D eigenvalue weighted by molar-refractivity contribution is 0.0470. The quantitative estimate of drug-likeness (QED) is 0.779. The summed E-state index contributed by atoms with van der Waals surface area (Å²) in [5.41, 5.74) is 0.00561. The molecule has 1 aliphatic heterocycles. The minimum absolute atomic E-state index is 0.00561. The number of hydrogen-bond donors (Lipinski definition) is 1. The van der Waals surface area contributed by atoms with E-state index in [1.165, 1.54) is 6.42 Å². The third-order valence-corrected chi connectivity index (χ3v) is 3.49. The Morgan fingerprint density at radius 1 is 1.44 bits per heavy atom. The van der Waals surface area contributed by atoms with E-state index in [1.807, 2.05) is 0 Å². The molecular weight excluding hydrogens is 202 g/mol. The maximum Gasteiger partial charge on any atom is 0.0600 e. The molecule has 2 atom stereocenters. The van der Waals surface area contributed by atoms with Crippen LogP contribution in [0.5, 0.6) is 0 Å². The summed E-state index contributed by atoms with van der Waals surface area (Å²) < 4.78 is 5.18. The van der Waals surface area contributed by atoms with E-state index in [0.29, 0.717) is 5.92 Å². The lowest BCUT2D eigenvalue weighted by atomic mass is 9.87. The SMILES string of the molecule is COCC1CCN(CCC(O)C(C)(C)C)C1. The molecule has 0 spiro atoms. The van der Waals surface area contributed by atoms with E-state index in [4.69, 9.17) is 4.74 Å². The number of aliphatic hydroxyl groups excluding tert-OH is 1. The molecule has 3 nitrogen and oxygen atoms in total. The van der Waals surface area contributed by atoms with Crippen LogP contribution < -0.4 is 0 Å². The van der Waals surface area contributed by atoms with Gasteiger partial charge in [0.05, 0.1) is 12.7 Å². The van der Waals surface area contributed by atoms with Gasteiger partial charge in [-0.2, -0.15) is 0 Å². The van der Waals surface area contributed by atoms with Gasteiger partial charge >= 0.3 is 0 Å². The largest absolute Gasteiger partial charge is 0.393 e. The van der Waals surface area contributed by atoms with E-state index in [0.717, 1.165) is 32.7 Å². The minimum Gasteiger partial charge on any atom is -0.393 e. The zero-order chi connectivity index (χ0) is 12.2. The second-order valence-corrected chi connectivity index (χ2v) is 6.08. The van der Waals surface area contributed by atoms with E-state index in [-0.39, 0.29) is 11.5 Å². The number of nitrogens with zero attached hydrogens (tertiary/aromatic N) is 1. The van der Waals surface area contributed by atoms with Gasteiger partial charge in [0, 0.05) is 20.2 Å². The van der Waals surface area contributed by atoms with Crippen molar-refractivity contribution >= 4 is 0 Å². The topological polar surface area (TPSA) is 32.7 Å². The summed E-state index contributed by atoms with van der Waals surface area (Å²) >= 11 is 0. The van der Waals surface area contributed by atoms with Gasteiger partial charge in [0.2, 0.25) is 0 Å². The molecule has 0 aromatic carbocycles. The Labute approximate surface area is 99.8 Å². The second-order valence-electron chi connectivity index (χ2n) is 6.08. The maximum atomic E-state index is 9.96. The summed E-state index contributed by atoms with van der Waals surface area (Å²) in [6, 6.07) is 0. The number of likely N-dealkylation sites (tertiary alicyclic amines) is 1. The Morgan fingerprint density at radius 2 is 2.12 bits per heavy atom. The molecule has 0 bridgehead atoms. The van der Waals surface area contributed by atoms with Crippen molar-refractivity contribution in [3.8, 4) is 0 Å². The van der Waals surface area contributed by atoms with Crippen LogP contribution >= 0.6 is 0 Å². The Hall–Kier alpha value is -0.120. The van der Waals surface area contributed by atoms with Crippen molar-refractivity contribution in [2.45, 2.75) is 39.7 Å². The first-order valence-corrected chi connectivity index (χ1v) is 6.33. The summed E-state index contributed by atoms with van der Waals surface area (Å²) in [5, 5.41) is 9.96. The van der Waals surface area contributed by atoms with Crippen LogP contribution in [0.25, 0.3) is 0 Å². The average Bonchev–Trinajstić information content (AvgIpc) is 2.61. The molecule has 0 radical (unpaired) electrons. The molecule has 0 aromatic heterocycles. The molecule has 3 heteroatoms. The normalized spacial score (nSPS) is 24.9. The van der Waals surface area contributed by atoms with Gasteiger partial charge in [-0.05, 0) is 30.7 Å². The molecule has 1 rings (SSSR count). The molecule has 1 fully saturated rings. The second kappa shape index (κ2) is 5.99. The zero-order valence-corrected chi connectivity index (χ0v) is 11.2. The molecule has 0 saturated carbocycles. The molecule has 1 saturated heterocycles. The van der Waals surface area contributed by atoms with Crippen molar-refractivity contribution in [1.29, 1.82) is 0 Å². The van der Waals surface area contributed by atoms with Crippen LogP contribution in [-0.4, -0.2) is 49.5 Å². The number of aliphatic hydroxyl groups is 1. The van der Waals surface area contributed by atoms with Gasteiger partial charge in [-0.1, -0.05) is 20.8 Å². The van der Waals surface area contributed by atoms with Crippen molar-refractivity contribution in [3.63, 3.8) is 0 Å². The molecule has 2 unspecified atom stereocenters. The van der Waals surface area contributed by atoms with Gasteiger partial charge in [-0.25, -0.2) is 0 Å². The van der Waals surface area contributed by atoms with Crippen LogP contribution in [0.1, 0.15) is 33.6 Å². The van der Waals surface area contributed by atoms with Crippen LogP contribution in [0, 0.1) is 11.3 Å². The summed E-state index contributed by atoms with van der Waals surface area (Å²) in [4.78, 5) is 2.44. The van der Waals surface area contributed by atoms with Gasteiger partial charge < -0.3 is 14.7 Å². The average molecular weight is 229 g/mol. The van der Waals surface area contributed by atoms with E-state index < -0.39 is 0 Å². The highest BCUT2D eigenvalue weighted by Gasteiger charge is 2.25. The lowest BCUT2D eigenvalue weighted by Gasteiger charge is -2.27.